The lowest BCUT2D eigenvalue weighted by atomic mass is 9.85. The fourth-order valence-electron chi connectivity index (χ4n) is 3.71. The number of alkyl halides is 3. The van der Waals surface area contributed by atoms with Crippen LogP contribution in [0.25, 0.3) is 5.69 Å². The summed E-state index contributed by atoms with van der Waals surface area (Å²) in [6.45, 7) is 1.53. The molecule has 140 valence electrons. The predicted octanol–water partition coefficient (Wildman–Crippen LogP) is 1.81. The third-order valence-corrected chi connectivity index (χ3v) is 4.88. The van der Waals surface area contributed by atoms with Gasteiger partial charge in [0.2, 0.25) is 0 Å². The predicted molar refractivity (Wildman–Crippen MR) is 90.0 cm³/mol. The van der Waals surface area contributed by atoms with Crippen LogP contribution in [0.3, 0.4) is 0 Å². The molecule has 1 aliphatic heterocycles. The van der Waals surface area contributed by atoms with Crippen molar-refractivity contribution in [3.8, 4) is 5.69 Å². The number of carbonyl (C=O) groups is 1. The van der Waals surface area contributed by atoms with Gasteiger partial charge in [-0.25, -0.2) is 4.68 Å². The number of nitrogens with two attached hydrogens (primary N) is 1. The summed E-state index contributed by atoms with van der Waals surface area (Å²) < 4.78 is 41.1. The van der Waals surface area contributed by atoms with E-state index >= 15 is 0 Å². The van der Waals surface area contributed by atoms with Gasteiger partial charge in [-0.1, -0.05) is 25.1 Å². The number of para-hydroxylation sites is 1. The summed E-state index contributed by atoms with van der Waals surface area (Å²) in [4.78, 5) is 25.0. The molecule has 1 fully saturated rings. The molecule has 1 amide bonds. The van der Waals surface area contributed by atoms with Crippen molar-refractivity contribution in [1.29, 1.82) is 0 Å². The van der Waals surface area contributed by atoms with Crippen molar-refractivity contribution >= 4 is 11.6 Å². The third kappa shape index (κ3) is 2.77. The Kier molecular flexibility index (Phi) is 4.12. The first-order valence-corrected chi connectivity index (χ1v) is 8.06. The first-order valence-electron chi connectivity index (χ1n) is 8.06. The summed E-state index contributed by atoms with van der Waals surface area (Å²) in [5, 5.41) is 0. The van der Waals surface area contributed by atoms with Crippen LogP contribution in [0.1, 0.15) is 19.0 Å². The third-order valence-electron chi connectivity index (χ3n) is 4.88. The minimum atomic E-state index is -4.92. The molecule has 1 saturated heterocycles. The molecule has 0 bridgehead atoms. The van der Waals surface area contributed by atoms with Crippen molar-refractivity contribution in [2.24, 2.45) is 7.05 Å². The Labute approximate surface area is 147 Å². The highest BCUT2D eigenvalue weighted by atomic mass is 19.4. The van der Waals surface area contributed by atoms with Crippen molar-refractivity contribution in [3.05, 3.63) is 46.4 Å². The highest BCUT2D eigenvalue weighted by Crippen LogP contribution is 2.38. The summed E-state index contributed by atoms with van der Waals surface area (Å²) in [7, 11) is 1.64. The molecule has 1 aromatic carbocycles. The van der Waals surface area contributed by atoms with Gasteiger partial charge in [0.15, 0.2) is 0 Å². The molecule has 0 radical (unpaired) electrons. The molecule has 1 atom stereocenters. The lowest BCUT2D eigenvalue weighted by molar-refractivity contribution is -0.184. The molecule has 3 rings (SSSR count). The topological polar surface area (TPSA) is 73.3 Å². The summed E-state index contributed by atoms with van der Waals surface area (Å²) >= 11 is 0. The highest BCUT2D eigenvalue weighted by Gasteiger charge is 2.49. The Morgan fingerprint density at radius 1 is 1.23 bits per heavy atom. The first kappa shape index (κ1) is 18.1. The smallest absolute Gasteiger partial charge is 0.393 e. The summed E-state index contributed by atoms with van der Waals surface area (Å²) in [5.74, 6) is -1.87. The van der Waals surface area contributed by atoms with Crippen molar-refractivity contribution in [2.45, 2.75) is 24.9 Å². The van der Waals surface area contributed by atoms with Crippen LogP contribution in [-0.2, 0) is 17.3 Å². The van der Waals surface area contributed by atoms with Crippen LogP contribution in [-0.4, -0.2) is 39.4 Å². The molecule has 0 aliphatic carbocycles. The van der Waals surface area contributed by atoms with E-state index < -0.39 is 23.1 Å². The lowest BCUT2D eigenvalue weighted by Crippen LogP contribution is -2.41. The zero-order valence-corrected chi connectivity index (χ0v) is 14.4. The molecule has 9 heteroatoms. The van der Waals surface area contributed by atoms with Crippen LogP contribution in [0.15, 0.2) is 35.1 Å². The number of nitrogens with zero attached hydrogens (tertiary/aromatic N) is 3. The van der Waals surface area contributed by atoms with Crippen LogP contribution < -0.4 is 11.3 Å². The number of likely N-dealkylation sites (tertiary alicyclic amines) is 1. The van der Waals surface area contributed by atoms with E-state index in [2.05, 4.69) is 0 Å². The molecule has 6 nitrogen and oxygen atoms in total. The molecule has 26 heavy (non-hydrogen) atoms. The van der Waals surface area contributed by atoms with Gasteiger partial charge in [0.05, 0.1) is 11.4 Å². The van der Waals surface area contributed by atoms with E-state index in [9.17, 15) is 22.8 Å². The van der Waals surface area contributed by atoms with Gasteiger partial charge in [0, 0.05) is 25.6 Å². The monoisotopic (exact) mass is 368 g/mol. The molecule has 1 aromatic heterocycles. The van der Waals surface area contributed by atoms with Crippen LogP contribution in [0.2, 0.25) is 0 Å². The highest BCUT2D eigenvalue weighted by molar-refractivity contribution is 5.82. The number of carbonyl (C=O) groups excluding carboxylic acids is 1. The van der Waals surface area contributed by atoms with Crippen LogP contribution in [0.5, 0.6) is 0 Å². The van der Waals surface area contributed by atoms with Gasteiger partial charge in [0.1, 0.15) is 5.69 Å². The molecule has 2 aromatic rings. The van der Waals surface area contributed by atoms with Gasteiger partial charge >= 0.3 is 12.1 Å². The van der Waals surface area contributed by atoms with Gasteiger partial charge in [-0.15, -0.1) is 0 Å². The zero-order chi connectivity index (χ0) is 19.3. The van der Waals surface area contributed by atoms with Crippen molar-refractivity contribution in [3.63, 3.8) is 0 Å². The van der Waals surface area contributed by atoms with E-state index in [1.807, 2.05) is 0 Å². The zero-order valence-electron chi connectivity index (χ0n) is 14.4. The van der Waals surface area contributed by atoms with Crippen molar-refractivity contribution in [2.75, 3.05) is 18.8 Å². The quantitative estimate of drug-likeness (QED) is 0.879. The SMILES string of the molecule is Cn1c([C@]2(C)CCN(C(=O)C(F)(F)F)C2)c(N)c(=O)n1-c1ccccc1. The Morgan fingerprint density at radius 3 is 2.42 bits per heavy atom. The fraction of sp³-hybridized carbons (Fsp3) is 0.412. The Hall–Kier alpha value is -2.71. The number of hydrogen-bond acceptors (Lipinski definition) is 3. The lowest BCUT2D eigenvalue weighted by Gasteiger charge is -2.26. The van der Waals surface area contributed by atoms with Crippen LogP contribution in [0.4, 0.5) is 18.9 Å². The maximum Gasteiger partial charge on any atom is 0.471 e. The summed E-state index contributed by atoms with van der Waals surface area (Å²) in [6.07, 6.45) is -4.64. The number of amides is 1. The molecule has 0 saturated carbocycles. The second kappa shape index (κ2) is 5.93. The largest absolute Gasteiger partial charge is 0.471 e. The Morgan fingerprint density at radius 2 is 1.85 bits per heavy atom. The maximum absolute atomic E-state index is 12.7. The number of hydrogen-bond donors (Lipinski definition) is 1. The Balaban J connectivity index is 2.03. The van der Waals surface area contributed by atoms with E-state index in [-0.39, 0.29) is 25.2 Å². The second-order valence-electron chi connectivity index (χ2n) is 6.77. The standard InChI is InChI=1S/C17H19F3N4O2/c1-16(8-9-23(10-16)15(26)17(18,19)20)13-12(21)14(25)24(22(13)2)11-6-4-3-5-7-11/h3-7H,8-10,21H2,1-2H3/t16-/m1/s1. The fourth-order valence-corrected chi connectivity index (χ4v) is 3.71. The molecule has 2 heterocycles. The average molecular weight is 368 g/mol. The van der Waals surface area contributed by atoms with E-state index in [0.717, 1.165) is 4.90 Å². The maximum atomic E-state index is 12.7. The molecule has 0 spiro atoms. The minimum absolute atomic E-state index is 0.0137. The van der Waals surface area contributed by atoms with E-state index in [4.69, 9.17) is 5.73 Å². The molecule has 1 aliphatic rings. The number of nitrogen functional groups attached to an aromatic ring is 1. The van der Waals surface area contributed by atoms with Crippen molar-refractivity contribution in [1.82, 2.24) is 14.3 Å². The number of halogens is 3. The molecule has 0 unspecified atom stereocenters. The summed E-state index contributed by atoms with van der Waals surface area (Å²) in [6, 6.07) is 8.82. The number of rotatable bonds is 2. The minimum Gasteiger partial charge on any atom is -0.393 e. The van der Waals surface area contributed by atoms with Gasteiger partial charge < -0.3 is 10.6 Å². The van der Waals surface area contributed by atoms with E-state index in [1.165, 1.54) is 4.68 Å². The molecular weight excluding hydrogens is 349 g/mol. The average Bonchev–Trinajstić information content (AvgIpc) is 3.06. The molecule has 2 N–H and O–H groups in total. The second-order valence-corrected chi connectivity index (χ2v) is 6.77. The van der Waals surface area contributed by atoms with Gasteiger partial charge in [-0.05, 0) is 18.6 Å². The van der Waals surface area contributed by atoms with Gasteiger partial charge in [0.25, 0.3) is 5.56 Å². The normalized spacial score (nSPS) is 20.6. The number of anilines is 1. The van der Waals surface area contributed by atoms with Crippen LogP contribution in [0, 0.1) is 0 Å². The van der Waals surface area contributed by atoms with E-state index in [1.54, 1.807) is 49.0 Å². The van der Waals surface area contributed by atoms with Gasteiger partial charge in [-0.3, -0.25) is 14.3 Å². The van der Waals surface area contributed by atoms with Crippen molar-refractivity contribution < 1.29 is 18.0 Å². The van der Waals surface area contributed by atoms with E-state index in [0.29, 0.717) is 11.4 Å². The first-order chi connectivity index (χ1) is 12.1. The van der Waals surface area contributed by atoms with Crippen LogP contribution >= 0.6 is 0 Å². The van der Waals surface area contributed by atoms with Gasteiger partial charge in [-0.2, -0.15) is 13.2 Å². The Bertz CT molecular complexity index is 901. The summed E-state index contributed by atoms with van der Waals surface area (Å²) in [5.41, 5.74) is 5.77. The molecular formula is C17H19F3N4O2. The number of benzene rings is 1. The number of aromatic nitrogens is 2.